The van der Waals surface area contributed by atoms with E-state index in [2.05, 4.69) is 15.4 Å². The van der Waals surface area contributed by atoms with Crippen molar-refractivity contribution in [2.45, 2.75) is 19.5 Å². The van der Waals surface area contributed by atoms with Crippen molar-refractivity contribution in [3.8, 4) is 5.82 Å². The molecule has 0 aliphatic carbocycles. The fourth-order valence-corrected chi connectivity index (χ4v) is 2.99. The molecule has 0 saturated heterocycles. The second kappa shape index (κ2) is 9.17. The van der Waals surface area contributed by atoms with Crippen LogP contribution in [0.1, 0.15) is 28.5 Å². The molecule has 1 aromatic carbocycles. The topological polar surface area (TPSA) is 86.1 Å². The van der Waals surface area contributed by atoms with Gasteiger partial charge in [0.15, 0.2) is 12.4 Å². The Labute approximate surface area is 179 Å². The molecular weight excluding hydrogens is 437 g/mol. The summed E-state index contributed by atoms with van der Waals surface area (Å²) >= 11 is 5.61. The van der Waals surface area contributed by atoms with Gasteiger partial charge in [-0.1, -0.05) is 24.6 Å². The third kappa shape index (κ3) is 5.21. The van der Waals surface area contributed by atoms with Gasteiger partial charge in [-0.25, -0.2) is 14.5 Å². The Morgan fingerprint density at radius 2 is 2.00 bits per heavy atom. The number of rotatable bonds is 6. The number of esters is 1. The van der Waals surface area contributed by atoms with Gasteiger partial charge < -0.3 is 10.1 Å². The second-order valence-electron chi connectivity index (χ2n) is 6.27. The number of hydrogen-bond donors (Lipinski definition) is 1. The van der Waals surface area contributed by atoms with Crippen molar-refractivity contribution in [3.05, 3.63) is 70.6 Å². The summed E-state index contributed by atoms with van der Waals surface area (Å²) in [5.74, 6) is -1.27. The van der Waals surface area contributed by atoms with Gasteiger partial charge in [-0.15, -0.1) is 0 Å². The molecule has 162 valence electrons. The number of nitrogens with one attached hydrogen (secondary N) is 1. The lowest BCUT2D eigenvalue weighted by Gasteiger charge is -2.14. The Bertz CT molecular complexity index is 1100. The second-order valence-corrected chi connectivity index (χ2v) is 6.71. The minimum Gasteiger partial charge on any atom is -0.452 e. The molecule has 0 fully saturated rings. The standard InChI is InChI=1S/C20H16ClF3N4O3/c1-2-16-13(10-26-28(16)17-5-3-4-8-25-17)19(30)31-11-18(29)27-15-7-6-12(21)9-14(15)20(22,23)24/h3-10H,2,11H2,1H3,(H,27,29). The van der Waals surface area contributed by atoms with E-state index in [1.165, 1.54) is 16.9 Å². The van der Waals surface area contributed by atoms with Crippen molar-refractivity contribution in [2.75, 3.05) is 11.9 Å². The maximum absolute atomic E-state index is 13.1. The zero-order chi connectivity index (χ0) is 22.6. The number of pyridine rings is 1. The number of alkyl halides is 3. The van der Waals surface area contributed by atoms with Crippen molar-refractivity contribution in [1.82, 2.24) is 14.8 Å². The van der Waals surface area contributed by atoms with E-state index in [1.807, 2.05) is 0 Å². The molecule has 1 N–H and O–H groups in total. The fourth-order valence-electron chi connectivity index (χ4n) is 2.82. The Morgan fingerprint density at radius 3 is 2.65 bits per heavy atom. The first-order valence-corrected chi connectivity index (χ1v) is 9.40. The van der Waals surface area contributed by atoms with Gasteiger partial charge in [-0.2, -0.15) is 18.3 Å². The van der Waals surface area contributed by atoms with Crippen molar-refractivity contribution < 1.29 is 27.5 Å². The molecule has 0 spiro atoms. The number of amides is 1. The first-order valence-electron chi connectivity index (χ1n) is 9.02. The molecule has 0 aliphatic rings. The summed E-state index contributed by atoms with van der Waals surface area (Å²) < 4.78 is 45.8. The van der Waals surface area contributed by atoms with Crippen LogP contribution < -0.4 is 5.32 Å². The first-order chi connectivity index (χ1) is 14.7. The predicted octanol–water partition coefficient (Wildman–Crippen LogP) is 4.30. The third-order valence-electron chi connectivity index (χ3n) is 4.19. The maximum Gasteiger partial charge on any atom is 0.418 e. The van der Waals surface area contributed by atoms with Gasteiger partial charge in [0.25, 0.3) is 5.91 Å². The Kier molecular flexibility index (Phi) is 6.59. The fraction of sp³-hybridized carbons (Fsp3) is 0.200. The number of ether oxygens (including phenoxy) is 1. The summed E-state index contributed by atoms with van der Waals surface area (Å²) in [6.07, 6.45) is -1.44. The van der Waals surface area contributed by atoms with E-state index < -0.39 is 35.9 Å². The first kappa shape index (κ1) is 22.3. The Balaban J connectivity index is 1.70. The number of carbonyl (C=O) groups excluding carboxylic acids is 2. The van der Waals surface area contributed by atoms with Gasteiger partial charge in [0, 0.05) is 11.2 Å². The van der Waals surface area contributed by atoms with E-state index in [1.54, 1.807) is 31.3 Å². The lowest BCUT2D eigenvalue weighted by atomic mass is 10.1. The van der Waals surface area contributed by atoms with Crippen LogP contribution in [0.5, 0.6) is 0 Å². The lowest BCUT2D eigenvalue weighted by Crippen LogP contribution is -2.23. The van der Waals surface area contributed by atoms with Crippen LogP contribution in [0.15, 0.2) is 48.8 Å². The highest BCUT2D eigenvalue weighted by atomic mass is 35.5. The van der Waals surface area contributed by atoms with Crippen LogP contribution in [0.2, 0.25) is 5.02 Å². The number of nitrogens with zero attached hydrogens (tertiary/aromatic N) is 3. The highest BCUT2D eigenvalue weighted by Gasteiger charge is 2.34. The SMILES string of the molecule is CCc1c(C(=O)OCC(=O)Nc2ccc(Cl)cc2C(F)(F)F)cnn1-c1ccccn1. The number of aromatic nitrogens is 3. The summed E-state index contributed by atoms with van der Waals surface area (Å²) in [6, 6.07) is 8.13. The maximum atomic E-state index is 13.1. The molecular formula is C20H16ClF3N4O3. The van der Waals surface area contributed by atoms with E-state index >= 15 is 0 Å². The number of halogens is 4. The monoisotopic (exact) mass is 452 g/mol. The molecule has 0 unspecified atom stereocenters. The van der Waals surface area contributed by atoms with Crippen LogP contribution >= 0.6 is 11.6 Å². The van der Waals surface area contributed by atoms with Crippen molar-refractivity contribution in [2.24, 2.45) is 0 Å². The summed E-state index contributed by atoms with van der Waals surface area (Å²) in [5.41, 5.74) is -0.954. The molecule has 3 aromatic rings. The Hall–Kier alpha value is -3.40. The van der Waals surface area contributed by atoms with Crippen LogP contribution in [0.4, 0.5) is 18.9 Å². The van der Waals surface area contributed by atoms with Gasteiger partial charge in [0.2, 0.25) is 0 Å². The average molecular weight is 453 g/mol. The highest BCUT2D eigenvalue weighted by molar-refractivity contribution is 6.30. The average Bonchev–Trinajstić information content (AvgIpc) is 3.17. The lowest BCUT2D eigenvalue weighted by molar-refractivity contribution is -0.137. The molecule has 0 saturated carbocycles. The van der Waals surface area contributed by atoms with E-state index in [0.717, 1.165) is 6.07 Å². The van der Waals surface area contributed by atoms with Crippen LogP contribution in [-0.2, 0) is 22.1 Å². The normalized spacial score (nSPS) is 11.3. The molecule has 7 nitrogen and oxygen atoms in total. The van der Waals surface area contributed by atoms with Crippen LogP contribution in [0.3, 0.4) is 0 Å². The van der Waals surface area contributed by atoms with E-state index in [-0.39, 0.29) is 10.6 Å². The van der Waals surface area contributed by atoms with Gasteiger partial charge in [0.1, 0.15) is 5.56 Å². The van der Waals surface area contributed by atoms with E-state index in [0.29, 0.717) is 24.0 Å². The third-order valence-corrected chi connectivity index (χ3v) is 4.42. The molecule has 0 bridgehead atoms. The number of hydrogen-bond acceptors (Lipinski definition) is 5. The molecule has 0 radical (unpaired) electrons. The van der Waals surface area contributed by atoms with Gasteiger partial charge >= 0.3 is 12.1 Å². The van der Waals surface area contributed by atoms with Crippen LogP contribution in [0.25, 0.3) is 5.82 Å². The zero-order valence-electron chi connectivity index (χ0n) is 16.1. The molecule has 0 aliphatic heterocycles. The number of carbonyl (C=O) groups is 2. The minimum absolute atomic E-state index is 0.128. The van der Waals surface area contributed by atoms with E-state index in [9.17, 15) is 22.8 Å². The van der Waals surface area contributed by atoms with E-state index in [4.69, 9.17) is 16.3 Å². The predicted molar refractivity (Wildman–Crippen MR) is 106 cm³/mol. The van der Waals surface area contributed by atoms with Gasteiger partial charge in [-0.05, 0) is 36.8 Å². The molecule has 31 heavy (non-hydrogen) atoms. The Morgan fingerprint density at radius 1 is 1.23 bits per heavy atom. The van der Waals surface area contributed by atoms with Crippen LogP contribution in [-0.4, -0.2) is 33.2 Å². The van der Waals surface area contributed by atoms with Crippen molar-refractivity contribution >= 4 is 29.2 Å². The molecule has 1 amide bonds. The molecule has 11 heteroatoms. The molecule has 2 aromatic heterocycles. The molecule has 2 heterocycles. The summed E-state index contributed by atoms with van der Waals surface area (Å²) in [6.45, 7) is 1.02. The van der Waals surface area contributed by atoms with Crippen molar-refractivity contribution in [1.29, 1.82) is 0 Å². The largest absolute Gasteiger partial charge is 0.452 e. The van der Waals surface area contributed by atoms with Gasteiger partial charge in [0.05, 0.1) is 23.1 Å². The molecule has 0 atom stereocenters. The van der Waals surface area contributed by atoms with Crippen molar-refractivity contribution in [3.63, 3.8) is 0 Å². The summed E-state index contributed by atoms with van der Waals surface area (Å²) in [4.78, 5) is 28.7. The quantitative estimate of drug-likeness (QED) is 0.564. The summed E-state index contributed by atoms with van der Waals surface area (Å²) in [5, 5.41) is 6.09. The number of benzene rings is 1. The number of anilines is 1. The minimum atomic E-state index is -4.72. The smallest absolute Gasteiger partial charge is 0.418 e. The summed E-state index contributed by atoms with van der Waals surface area (Å²) in [7, 11) is 0. The zero-order valence-corrected chi connectivity index (χ0v) is 16.9. The van der Waals surface area contributed by atoms with Gasteiger partial charge in [-0.3, -0.25) is 4.79 Å². The highest BCUT2D eigenvalue weighted by Crippen LogP contribution is 2.36. The van der Waals surface area contributed by atoms with Crippen LogP contribution in [0, 0.1) is 0 Å². The molecule has 3 rings (SSSR count).